The summed E-state index contributed by atoms with van der Waals surface area (Å²) in [6.07, 6.45) is 3.57. The predicted octanol–water partition coefficient (Wildman–Crippen LogP) is 3.08. The fourth-order valence-electron chi connectivity index (χ4n) is 1.90. The van der Waals surface area contributed by atoms with Crippen molar-refractivity contribution in [2.45, 2.75) is 0 Å². The number of fused-ring (bicyclic) bond motifs is 1. The summed E-state index contributed by atoms with van der Waals surface area (Å²) in [4.78, 5) is 11.0. The van der Waals surface area contributed by atoms with Crippen molar-refractivity contribution in [1.82, 2.24) is 9.97 Å². The molecule has 0 bridgehead atoms. The molecule has 0 spiro atoms. The average molecular weight is 345 g/mol. The number of rotatable bonds is 6. The van der Waals surface area contributed by atoms with E-state index in [1.807, 2.05) is 12.1 Å². The zero-order valence-corrected chi connectivity index (χ0v) is 13.0. The molecule has 0 amide bonds. The third-order valence-corrected chi connectivity index (χ3v) is 3.39. The number of nitrogens with zero attached hydrogens (tertiary/aromatic N) is 3. The molecule has 2 aromatic rings. The first kappa shape index (κ1) is 14.5. The van der Waals surface area contributed by atoms with E-state index < -0.39 is 0 Å². The third-order valence-electron chi connectivity index (χ3n) is 2.78. The lowest BCUT2D eigenvalue weighted by atomic mass is 10.2. The quantitative estimate of drug-likeness (QED) is 0.755. The van der Waals surface area contributed by atoms with Crippen LogP contribution in [0.5, 0.6) is 0 Å². The maximum atomic E-state index is 5.88. The van der Waals surface area contributed by atoms with Crippen molar-refractivity contribution in [1.29, 1.82) is 0 Å². The molecule has 2 heterocycles. The Morgan fingerprint density at radius 2 is 2.21 bits per heavy atom. The van der Waals surface area contributed by atoms with Gasteiger partial charge in [-0.3, -0.25) is 9.97 Å². The van der Waals surface area contributed by atoms with Crippen LogP contribution < -0.4 is 4.90 Å². The minimum absolute atomic E-state index is 0.560. The van der Waals surface area contributed by atoms with E-state index in [0.717, 1.165) is 34.3 Å². The number of halogens is 2. The van der Waals surface area contributed by atoms with Gasteiger partial charge in [-0.2, -0.15) is 0 Å². The highest BCUT2D eigenvalue weighted by Gasteiger charge is 2.11. The third kappa shape index (κ3) is 3.55. The summed E-state index contributed by atoms with van der Waals surface area (Å²) < 4.78 is 6.06. The summed E-state index contributed by atoms with van der Waals surface area (Å²) in [5.41, 5.74) is 2.78. The van der Waals surface area contributed by atoms with Crippen LogP contribution in [0.3, 0.4) is 0 Å². The van der Waals surface area contributed by atoms with E-state index in [1.165, 1.54) is 0 Å². The molecule has 102 valence electrons. The minimum atomic E-state index is 0.560. The number of methoxy groups -OCH3 is 1. The molecule has 0 aromatic carbocycles. The van der Waals surface area contributed by atoms with Crippen LogP contribution in [0.25, 0.3) is 11.0 Å². The Balaban J connectivity index is 2.40. The lowest BCUT2D eigenvalue weighted by Gasteiger charge is -2.24. The van der Waals surface area contributed by atoms with Gasteiger partial charge >= 0.3 is 0 Å². The fraction of sp³-hybridized carbons (Fsp3) is 0.385. The van der Waals surface area contributed by atoms with Crippen LogP contribution in [-0.2, 0) is 4.74 Å². The van der Waals surface area contributed by atoms with Crippen LogP contribution in [0.15, 0.2) is 29.0 Å². The molecule has 0 unspecified atom stereocenters. The van der Waals surface area contributed by atoms with Crippen molar-refractivity contribution in [2.75, 3.05) is 37.6 Å². The van der Waals surface area contributed by atoms with Crippen molar-refractivity contribution in [3.8, 4) is 0 Å². The van der Waals surface area contributed by atoms with Crippen molar-refractivity contribution in [2.24, 2.45) is 0 Å². The number of hydrogen-bond acceptors (Lipinski definition) is 4. The zero-order chi connectivity index (χ0) is 13.7. The van der Waals surface area contributed by atoms with Crippen LogP contribution in [-0.4, -0.2) is 42.7 Å². The smallest absolute Gasteiger partial charge is 0.112 e. The second-order valence-electron chi connectivity index (χ2n) is 4.02. The molecule has 4 nitrogen and oxygen atoms in total. The molecule has 0 fully saturated rings. The maximum Gasteiger partial charge on any atom is 0.112 e. The largest absolute Gasteiger partial charge is 0.383 e. The molecule has 2 aromatic heterocycles. The van der Waals surface area contributed by atoms with Gasteiger partial charge in [-0.15, -0.1) is 11.6 Å². The summed E-state index contributed by atoms with van der Waals surface area (Å²) in [6, 6.07) is 3.92. The minimum Gasteiger partial charge on any atom is -0.383 e. The van der Waals surface area contributed by atoms with Crippen molar-refractivity contribution in [3.05, 3.63) is 29.0 Å². The van der Waals surface area contributed by atoms with Crippen molar-refractivity contribution >= 4 is 44.3 Å². The van der Waals surface area contributed by atoms with Gasteiger partial charge in [-0.25, -0.2) is 0 Å². The number of alkyl halides is 1. The molecular formula is C13H15BrClN3O. The molecule has 2 rings (SSSR count). The standard InChI is InChI=1S/C13H15BrClN3O/c1-19-7-6-18(5-3-15)12-2-4-16-11-8-10(14)9-17-13(11)12/h2,4,8-9H,3,5-7H2,1H3. The number of anilines is 1. The highest BCUT2D eigenvalue weighted by Crippen LogP contribution is 2.25. The second-order valence-corrected chi connectivity index (χ2v) is 5.31. The predicted molar refractivity (Wildman–Crippen MR) is 82.0 cm³/mol. The first-order chi connectivity index (χ1) is 9.26. The molecule has 19 heavy (non-hydrogen) atoms. The first-order valence-electron chi connectivity index (χ1n) is 5.96. The van der Waals surface area contributed by atoms with E-state index in [-0.39, 0.29) is 0 Å². The maximum absolute atomic E-state index is 5.88. The SMILES string of the molecule is COCCN(CCCl)c1ccnc2cc(Br)cnc12. The van der Waals surface area contributed by atoms with Crippen molar-refractivity contribution < 1.29 is 4.74 Å². The van der Waals surface area contributed by atoms with E-state index in [0.29, 0.717) is 12.5 Å². The normalized spacial score (nSPS) is 10.9. The summed E-state index contributed by atoms with van der Waals surface area (Å²) in [5, 5.41) is 0. The van der Waals surface area contributed by atoms with Crippen molar-refractivity contribution in [3.63, 3.8) is 0 Å². The van der Waals surface area contributed by atoms with Crippen LogP contribution in [0.1, 0.15) is 0 Å². The highest BCUT2D eigenvalue weighted by atomic mass is 79.9. The Hall–Kier alpha value is -0.910. The van der Waals surface area contributed by atoms with Gasteiger partial charge in [0.05, 0.1) is 17.8 Å². The first-order valence-corrected chi connectivity index (χ1v) is 7.29. The van der Waals surface area contributed by atoms with E-state index in [2.05, 4.69) is 30.8 Å². The van der Waals surface area contributed by atoms with E-state index >= 15 is 0 Å². The topological polar surface area (TPSA) is 38.2 Å². The van der Waals surface area contributed by atoms with E-state index in [4.69, 9.17) is 16.3 Å². The number of pyridine rings is 2. The van der Waals surface area contributed by atoms with Gasteiger partial charge in [0.2, 0.25) is 0 Å². The van der Waals surface area contributed by atoms with Crippen LogP contribution in [0, 0.1) is 0 Å². The Labute approximate surface area is 125 Å². The zero-order valence-electron chi connectivity index (χ0n) is 10.6. The summed E-state index contributed by atoms with van der Waals surface area (Å²) in [5.74, 6) is 0.560. The Morgan fingerprint density at radius 3 is 2.95 bits per heavy atom. The molecule has 0 aliphatic carbocycles. The number of hydrogen-bond donors (Lipinski definition) is 0. The van der Waals surface area contributed by atoms with Gasteiger partial charge in [0.25, 0.3) is 0 Å². The van der Waals surface area contributed by atoms with Gasteiger partial charge in [-0.05, 0) is 28.1 Å². The number of aromatic nitrogens is 2. The molecule has 0 saturated heterocycles. The monoisotopic (exact) mass is 343 g/mol. The molecular weight excluding hydrogens is 330 g/mol. The lowest BCUT2D eigenvalue weighted by molar-refractivity contribution is 0.205. The molecule has 0 N–H and O–H groups in total. The molecule has 0 saturated carbocycles. The molecule has 6 heteroatoms. The number of ether oxygens (including phenoxy) is 1. The molecule has 0 radical (unpaired) electrons. The van der Waals surface area contributed by atoms with Gasteiger partial charge in [0.15, 0.2) is 0 Å². The molecule has 0 aliphatic heterocycles. The van der Waals surface area contributed by atoms with Gasteiger partial charge in [0, 0.05) is 42.9 Å². The average Bonchev–Trinajstić information content (AvgIpc) is 2.42. The lowest BCUT2D eigenvalue weighted by Crippen LogP contribution is -2.29. The Kier molecular flexibility index (Phi) is 5.36. The fourth-order valence-corrected chi connectivity index (χ4v) is 2.43. The highest BCUT2D eigenvalue weighted by molar-refractivity contribution is 9.10. The van der Waals surface area contributed by atoms with Crippen LogP contribution in [0.2, 0.25) is 0 Å². The van der Waals surface area contributed by atoms with Crippen LogP contribution >= 0.6 is 27.5 Å². The summed E-state index contributed by atoms with van der Waals surface area (Å²) >= 11 is 9.28. The molecule has 0 aliphatic rings. The van der Waals surface area contributed by atoms with Gasteiger partial charge in [-0.1, -0.05) is 0 Å². The summed E-state index contributed by atoms with van der Waals surface area (Å²) in [7, 11) is 1.69. The molecule has 0 atom stereocenters. The van der Waals surface area contributed by atoms with E-state index in [1.54, 1.807) is 19.5 Å². The second kappa shape index (κ2) is 7.03. The van der Waals surface area contributed by atoms with Gasteiger partial charge < -0.3 is 9.64 Å². The van der Waals surface area contributed by atoms with Gasteiger partial charge in [0.1, 0.15) is 5.52 Å². The Morgan fingerprint density at radius 1 is 1.37 bits per heavy atom. The van der Waals surface area contributed by atoms with E-state index in [9.17, 15) is 0 Å². The summed E-state index contributed by atoms with van der Waals surface area (Å²) in [6.45, 7) is 2.18. The van der Waals surface area contributed by atoms with Crippen LogP contribution in [0.4, 0.5) is 5.69 Å². The Bertz CT molecular complexity index is 552.